The first-order valence-electron chi connectivity index (χ1n) is 5.65. The van der Waals surface area contributed by atoms with Crippen LogP contribution in [0.1, 0.15) is 11.7 Å². The third-order valence-corrected chi connectivity index (χ3v) is 3.40. The summed E-state index contributed by atoms with van der Waals surface area (Å²) in [6.07, 6.45) is -0.154. The maximum absolute atomic E-state index is 11.1. The van der Waals surface area contributed by atoms with Crippen molar-refractivity contribution in [2.75, 3.05) is 0 Å². The van der Waals surface area contributed by atoms with Gasteiger partial charge in [-0.1, -0.05) is 48.0 Å². The lowest BCUT2D eigenvalue weighted by Crippen LogP contribution is -2.02. The van der Waals surface area contributed by atoms with Gasteiger partial charge in [0.05, 0.1) is 0 Å². The van der Waals surface area contributed by atoms with Gasteiger partial charge in [-0.2, -0.15) is 0 Å². The summed E-state index contributed by atoms with van der Waals surface area (Å²) in [4.78, 5) is 11.1. The molecule has 0 saturated heterocycles. The maximum atomic E-state index is 11.1. The first-order chi connectivity index (χ1) is 9.26. The van der Waals surface area contributed by atoms with E-state index in [0.717, 1.165) is 11.1 Å². The van der Waals surface area contributed by atoms with Crippen molar-refractivity contribution in [2.45, 2.75) is 6.10 Å². The van der Waals surface area contributed by atoms with Crippen molar-refractivity contribution in [3.63, 3.8) is 0 Å². The van der Waals surface area contributed by atoms with Crippen LogP contribution in [0.4, 0.5) is 0 Å². The summed E-state index contributed by atoms with van der Waals surface area (Å²) in [5.74, 6) is 0. The summed E-state index contributed by atoms with van der Waals surface area (Å²) in [5.41, 5.74) is 2.49. The lowest BCUT2D eigenvalue weighted by Gasteiger charge is -2.13. The Hall–Kier alpha value is -1.41. The van der Waals surface area contributed by atoms with Crippen LogP contribution in [0.2, 0.25) is 5.02 Å². The van der Waals surface area contributed by atoms with E-state index in [9.17, 15) is 9.36 Å². The van der Waals surface area contributed by atoms with Gasteiger partial charge in [-0.3, -0.25) is 4.57 Å². The largest absolute Gasteiger partial charge is 0.317 e. The van der Waals surface area contributed by atoms with Crippen LogP contribution in [0.15, 0.2) is 48.5 Å². The molecular weight excluding hydrogens is 283 g/mol. The molecule has 0 spiro atoms. The maximum Gasteiger partial charge on any atom is 0.180 e. The van der Waals surface area contributed by atoms with Gasteiger partial charge in [0.25, 0.3) is 0 Å². The van der Waals surface area contributed by atoms with Crippen LogP contribution >= 0.6 is 20.3 Å². The molecule has 0 heterocycles. The van der Waals surface area contributed by atoms with Gasteiger partial charge >= 0.3 is 0 Å². The zero-order chi connectivity index (χ0) is 13.7. The smallest absolute Gasteiger partial charge is 0.180 e. The van der Waals surface area contributed by atoms with Gasteiger partial charge in [-0.25, -0.2) is 0 Å². The highest BCUT2D eigenvalue weighted by Gasteiger charge is 2.15. The highest BCUT2D eigenvalue weighted by molar-refractivity contribution is 7.17. The average molecular weight is 295 g/mol. The van der Waals surface area contributed by atoms with Gasteiger partial charge in [0.2, 0.25) is 0 Å². The number of hydrogen-bond donors (Lipinski definition) is 0. The van der Waals surface area contributed by atoms with Crippen molar-refractivity contribution >= 4 is 26.6 Å². The number of aldehydes is 1. The number of hydrogen-bond acceptors (Lipinski definition) is 3. The zero-order valence-electron chi connectivity index (χ0n) is 9.95. The Morgan fingerprint density at radius 2 is 1.79 bits per heavy atom. The number of rotatable bonds is 5. The van der Waals surface area contributed by atoms with Crippen LogP contribution in [-0.2, 0) is 13.9 Å². The van der Waals surface area contributed by atoms with Crippen molar-refractivity contribution in [3.8, 4) is 11.1 Å². The van der Waals surface area contributed by atoms with Crippen LogP contribution in [0.3, 0.4) is 0 Å². The van der Waals surface area contributed by atoms with Crippen LogP contribution < -0.4 is 0 Å². The molecule has 2 aromatic rings. The Morgan fingerprint density at radius 3 is 2.42 bits per heavy atom. The SMILES string of the molecule is O=CC(O[PH2]=O)c1ccccc1-c1ccc(Cl)cc1. The van der Waals surface area contributed by atoms with E-state index in [1.807, 2.05) is 30.3 Å². The number of benzene rings is 2. The van der Waals surface area contributed by atoms with Crippen molar-refractivity contribution < 1.29 is 13.9 Å². The van der Waals surface area contributed by atoms with E-state index in [-0.39, 0.29) is 0 Å². The second-order valence-electron chi connectivity index (χ2n) is 3.88. The van der Waals surface area contributed by atoms with Gasteiger partial charge in [-0.15, -0.1) is 0 Å². The summed E-state index contributed by atoms with van der Waals surface area (Å²) in [6, 6.07) is 14.7. The molecule has 0 radical (unpaired) electrons. The zero-order valence-corrected chi connectivity index (χ0v) is 11.9. The molecule has 19 heavy (non-hydrogen) atoms. The van der Waals surface area contributed by atoms with E-state index in [2.05, 4.69) is 0 Å². The Morgan fingerprint density at radius 1 is 1.11 bits per heavy atom. The standard InChI is InChI=1S/C14H12ClO3P/c15-11-7-5-10(6-8-11)12-3-1-2-4-13(12)14(9-16)18-19-17/h1-9,14H,19H2. The molecule has 2 aromatic carbocycles. The van der Waals surface area contributed by atoms with E-state index >= 15 is 0 Å². The molecule has 0 aromatic heterocycles. The van der Waals surface area contributed by atoms with Gasteiger partial charge in [-0.05, 0) is 28.8 Å². The highest BCUT2D eigenvalue weighted by atomic mass is 35.5. The van der Waals surface area contributed by atoms with Gasteiger partial charge in [0.15, 0.2) is 15.0 Å². The van der Waals surface area contributed by atoms with Gasteiger partial charge in [0, 0.05) is 5.02 Å². The van der Waals surface area contributed by atoms with E-state index in [1.54, 1.807) is 18.2 Å². The van der Waals surface area contributed by atoms with Crippen molar-refractivity contribution in [1.29, 1.82) is 0 Å². The molecule has 98 valence electrons. The molecule has 0 aliphatic carbocycles. The summed E-state index contributed by atoms with van der Waals surface area (Å²) in [6.45, 7) is 0. The Bertz CT molecular complexity index is 583. The van der Waals surface area contributed by atoms with Crippen molar-refractivity contribution in [2.24, 2.45) is 0 Å². The van der Waals surface area contributed by atoms with Crippen LogP contribution in [0.25, 0.3) is 11.1 Å². The van der Waals surface area contributed by atoms with Gasteiger partial charge < -0.3 is 9.32 Å². The first kappa shape index (κ1) is 14.0. The van der Waals surface area contributed by atoms with E-state index < -0.39 is 14.8 Å². The van der Waals surface area contributed by atoms with E-state index in [4.69, 9.17) is 16.1 Å². The quantitative estimate of drug-likeness (QED) is 0.620. The minimum absolute atomic E-state index is 0.647. The number of halogens is 1. The fourth-order valence-corrected chi connectivity index (χ4v) is 2.33. The van der Waals surface area contributed by atoms with Crippen LogP contribution in [0, 0.1) is 0 Å². The third-order valence-electron chi connectivity index (χ3n) is 2.75. The summed E-state index contributed by atoms with van der Waals surface area (Å²) < 4.78 is 15.6. The molecule has 0 amide bonds. The Labute approximate surface area is 117 Å². The molecular formula is C14H12ClO3P. The minimum atomic E-state index is -1.44. The van der Waals surface area contributed by atoms with E-state index in [1.165, 1.54) is 0 Å². The number of carbonyl (C=O) groups is 1. The fourth-order valence-electron chi connectivity index (χ4n) is 1.88. The molecule has 2 unspecified atom stereocenters. The van der Waals surface area contributed by atoms with Crippen LogP contribution in [-0.4, -0.2) is 6.29 Å². The Balaban J connectivity index is 2.48. The molecule has 0 aliphatic rings. The lowest BCUT2D eigenvalue weighted by atomic mass is 9.97. The minimum Gasteiger partial charge on any atom is -0.317 e. The second-order valence-corrected chi connectivity index (χ2v) is 4.78. The predicted octanol–water partition coefficient (Wildman–Crippen LogP) is 3.93. The molecule has 0 aliphatic heterocycles. The van der Waals surface area contributed by atoms with Crippen LogP contribution in [0.5, 0.6) is 0 Å². The third kappa shape index (κ3) is 3.32. The summed E-state index contributed by atoms with van der Waals surface area (Å²) in [7, 11) is -1.44. The number of carbonyl (C=O) groups excluding carboxylic acids is 1. The normalized spacial score (nSPS) is 12.7. The van der Waals surface area contributed by atoms with Crippen molar-refractivity contribution in [1.82, 2.24) is 0 Å². The first-order valence-corrected chi connectivity index (χ1v) is 6.97. The predicted molar refractivity (Wildman–Crippen MR) is 77.2 cm³/mol. The lowest BCUT2D eigenvalue weighted by molar-refractivity contribution is -0.113. The fraction of sp³-hybridized carbons (Fsp3) is 0.0714. The molecule has 5 heteroatoms. The summed E-state index contributed by atoms with van der Waals surface area (Å²) in [5, 5.41) is 0.647. The molecule has 2 atom stereocenters. The molecule has 0 N–H and O–H groups in total. The molecule has 2 rings (SSSR count). The molecule has 0 fully saturated rings. The Kier molecular flexibility index (Phi) is 4.92. The average Bonchev–Trinajstić information content (AvgIpc) is 2.46. The molecule has 0 saturated carbocycles. The molecule has 3 nitrogen and oxygen atoms in total. The summed E-state index contributed by atoms with van der Waals surface area (Å²) >= 11 is 5.86. The molecule has 0 bridgehead atoms. The van der Waals surface area contributed by atoms with Gasteiger partial charge in [0.1, 0.15) is 6.10 Å². The topological polar surface area (TPSA) is 43.4 Å². The second kappa shape index (κ2) is 6.67. The van der Waals surface area contributed by atoms with E-state index in [0.29, 0.717) is 16.9 Å². The van der Waals surface area contributed by atoms with Crippen molar-refractivity contribution in [3.05, 3.63) is 59.1 Å². The highest BCUT2D eigenvalue weighted by Crippen LogP contribution is 2.31. The monoisotopic (exact) mass is 294 g/mol.